The molecule has 0 aliphatic rings. The molecule has 96 valence electrons. The maximum Gasteiger partial charge on any atom is 0.128 e. The van der Waals surface area contributed by atoms with E-state index in [2.05, 4.69) is 5.43 Å². The van der Waals surface area contributed by atoms with Crippen molar-refractivity contribution in [2.75, 3.05) is 7.11 Å². The molecule has 0 aliphatic carbocycles. The van der Waals surface area contributed by atoms with Gasteiger partial charge in [0, 0.05) is 12.7 Å². The van der Waals surface area contributed by atoms with Gasteiger partial charge in [0.25, 0.3) is 0 Å². The van der Waals surface area contributed by atoms with E-state index in [4.69, 9.17) is 10.6 Å². The van der Waals surface area contributed by atoms with Gasteiger partial charge in [0.1, 0.15) is 5.82 Å². The van der Waals surface area contributed by atoms with Crippen molar-refractivity contribution in [3.05, 3.63) is 35.6 Å². The molecule has 0 heterocycles. The zero-order valence-corrected chi connectivity index (χ0v) is 10.7. The van der Waals surface area contributed by atoms with Gasteiger partial charge in [-0.25, -0.2) is 9.82 Å². The Labute approximate surface area is 102 Å². The second-order valence-corrected chi connectivity index (χ2v) is 4.10. The maximum absolute atomic E-state index is 13.8. The Morgan fingerprint density at radius 1 is 1.35 bits per heavy atom. The van der Waals surface area contributed by atoms with E-state index in [1.54, 1.807) is 25.3 Å². The summed E-state index contributed by atoms with van der Waals surface area (Å²) in [4.78, 5) is 0. The predicted octanol–water partition coefficient (Wildman–Crippen LogP) is 2.54. The first-order valence-electron chi connectivity index (χ1n) is 5.90. The van der Waals surface area contributed by atoms with Crippen molar-refractivity contribution in [2.24, 2.45) is 5.84 Å². The maximum atomic E-state index is 13.8. The fraction of sp³-hybridized carbons (Fsp3) is 0.538. The van der Waals surface area contributed by atoms with Crippen molar-refractivity contribution >= 4 is 0 Å². The van der Waals surface area contributed by atoms with E-state index < -0.39 is 5.60 Å². The topological polar surface area (TPSA) is 47.3 Å². The van der Waals surface area contributed by atoms with Crippen molar-refractivity contribution < 1.29 is 9.13 Å². The molecule has 1 rings (SSSR count). The van der Waals surface area contributed by atoms with E-state index in [1.807, 2.05) is 13.8 Å². The first kappa shape index (κ1) is 14.1. The molecule has 3 N–H and O–H groups in total. The van der Waals surface area contributed by atoms with Crippen LogP contribution in [-0.2, 0) is 4.74 Å². The number of ether oxygens (including phenoxy) is 1. The van der Waals surface area contributed by atoms with Crippen LogP contribution in [0.3, 0.4) is 0 Å². The molecule has 0 saturated heterocycles. The van der Waals surface area contributed by atoms with Crippen LogP contribution in [0.2, 0.25) is 0 Å². The van der Waals surface area contributed by atoms with Gasteiger partial charge in [-0.2, -0.15) is 0 Å². The highest BCUT2D eigenvalue weighted by Crippen LogP contribution is 2.35. The average Bonchev–Trinajstić information content (AvgIpc) is 2.38. The summed E-state index contributed by atoms with van der Waals surface area (Å²) in [6.45, 7) is 4.02. The third-order valence-electron chi connectivity index (χ3n) is 3.51. The van der Waals surface area contributed by atoms with E-state index in [-0.39, 0.29) is 11.9 Å². The van der Waals surface area contributed by atoms with Gasteiger partial charge < -0.3 is 4.74 Å². The smallest absolute Gasteiger partial charge is 0.128 e. The normalized spacial score (nSPS) is 13.7. The zero-order valence-electron chi connectivity index (χ0n) is 10.7. The number of nitrogens with one attached hydrogen (secondary N) is 1. The fourth-order valence-corrected chi connectivity index (χ4v) is 2.30. The van der Waals surface area contributed by atoms with E-state index in [9.17, 15) is 4.39 Å². The summed E-state index contributed by atoms with van der Waals surface area (Å²) in [6, 6.07) is 6.28. The van der Waals surface area contributed by atoms with Gasteiger partial charge in [-0.15, -0.1) is 0 Å². The number of halogens is 1. The SMILES string of the molecule is CCC(CC)(OC)C(NN)c1ccccc1F. The van der Waals surface area contributed by atoms with Crippen LogP contribution in [-0.4, -0.2) is 12.7 Å². The number of hydrogen-bond donors (Lipinski definition) is 2. The quantitative estimate of drug-likeness (QED) is 0.593. The molecule has 1 aromatic rings. The molecule has 0 spiro atoms. The lowest BCUT2D eigenvalue weighted by atomic mass is 9.84. The molecule has 0 fully saturated rings. The van der Waals surface area contributed by atoms with Crippen LogP contribution in [0.4, 0.5) is 4.39 Å². The number of hydrazine groups is 1. The molecule has 0 aliphatic heterocycles. The van der Waals surface area contributed by atoms with Gasteiger partial charge in [0.2, 0.25) is 0 Å². The third kappa shape index (κ3) is 2.65. The summed E-state index contributed by atoms with van der Waals surface area (Å²) in [5, 5.41) is 0. The number of methoxy groups -OCH3 is 1. The Hall–Kier alpha value is -0.970. The van der Waals surface area contributed by atoms with Crippen molar-refractivity contribution in [3.63, 3.8) is 0 Å². The van der Waals surface area contributed by atoms with E-state index in [0.29, 0.717) is 5.56 Å². The van der Waals surface area contributed by atoms with E-state index in [0.717, 1.165) is 12.8 Å². The second kappa shape index (κ2) is 6.10. The van der Waals surface area contributed by atoms with Crippen LogP contribution in [0.5, 0.6) is 0 Å². The molecule has 0 aromatic heterocycles. The second-order valence-electron chi connectivity index (χ2n) is 4.10. The molecule has 0 saturated carbocycles. The molecule has 0 bridgehead atoms. The Morgan fingerprint density at radius 2 is 1.94 bits per heavy atom. The van der Waals surface area contributed by atoms with E-state index >= 15 is 0 Å². The van der Waals surface area contributed by atoms with Gasteiger partial charge in [-0.1, -0.05) is 32.0 Å². The third-order valence-corrected chi connectivity index (χ3v) is 3.51. The Balaban J connectivity index is 3.18. The molecule has 0 amide bonds. The minimum absolute atomic E-state index is 0.265. The molecule has 4 heteroatoms. The first-order chi connectivity index (χ1) is 8.15. The molecule has 17 heavy (non-hydrogen) atoms. The minimum Gasteiger partial charge on any atom is -0.376 e. The van der Waals surface area contributed by atoms with Gasteiger partial charge in [-0.05, 0) is 18.9 Å². The number of rotatable bonds is 6. The lowest BCUT2D eigenvalue weighted by molar-refractivity contribution is -0.0494. The summed E-state index contributed by atoms with van der Waals surface area (Å²) in [7, 11) is 1.64. The Bertz CT molecular complexity index is 345. The summed E-state index contributed by atoms with van der Waals surface area (Å²) in [5.74, 6) is 5.32. The van der Waals surface area contributed by atoms with Crippen LogP contribution in [0.15, 0.2) is 24.3 Å². The molecule has 1 aromatic carbocycles. The van der Waals surface area contributed by atoms with Crippen LogP contribution < -0.4 is 11.3 Å². The van der Waals surface area contributed by atoms with Crippen LogP contribution >= 0.6 is 0 Å². The summed E-state index contributed by atoms with van der Waals surface area (Å²) in [6.07, 6.45) is 1.51. The van der Waals surface area contributed by atoms with Crippen LogP contribution in [0.25, 0.3) is 0 Å². The zero-order chi connectivity index (χ0) is 12.9. The number of nitrogens with two attached hydrogens (primary N) is 1. The van der Waals surface area contributed by atoms with Crippen LogP contribution in [0.1, 0.15) is 38.3 Å². The molecule has 1 unspecified atom stereocenters. The largest absolute Gasteiger partial charge is 0.376 e. The van der Waals surface area contributed by atoms with Crippen molar-refractivity contribution in [1.82, 2.24) is 5.43 Å². The highest BCUT2D eigenvalue weighted by molar-refractivity contribution is 5.24. The summed E-state index contributed by atoms with van der Waals surface area (Å²) in [5.41, 5.74) is 2.74. The molecule has 3 nitrogen and oxygen atoms in total. The van der Waals surface area contributed by atoms with Gasteiger partial charge in [0.05, 0.1) is 11.6 Å². The predicted molar refractivity (Wildman–Crippen MR) is 66.8 cm³/mol. The molecule has 0 radical (unpaired) electrons. The Morgan fingerprint density at radius 3 is 2.35 bits per heavy atom. The summed E-state index contributed by atoms with van der Waals surface area (Å²) >= 11 is 0. The van der Waals surface area contributed by atoms with Crippen molar-refractivity contribution in [3.8, 4) is 0 Å². The number of benzene rings is 1. The lowest BCUT2D eigenvalue weighted by Gasteiger charge is -2.38. The van der Waals surface area contributed by atoms with E-state index in [1.165, 1.54) is 6.07 Å². The molecule has 1 atom stereocenters. The lowest BCUT2D eigenvalue weighted by Crippen LogP contribution is -2.47. The van der Waals surface area contributed by atoms with Gasteiger partial charge in [0.15, 0.2) is 0 Å². The molecular weight excluding hydrogens is 219 g/mol. The van der Waals surface area contributed by atoms with Gasteiger partial charge in [-0.3, -0.25) is 5.84 Å². The van der Waals surface area contributed by atoms with Crippen LogP contribution in [0, 0.1) is 5.82 Å². The molecular formula is C13H21FN2O. The first-order valence-corrected chi connectivity index (χ1v) is 5.90. The van der Waals surface area contributed by atoms with Crippen molar-refractivity contribution in [2.45, 2.75) is 38.3 Å². The highest BCUT2D eigenvalue weighted by Gasteiger charge is 2.37. The fourth-order valence-electron chi connectivity index (χ4n) is 2.30. The standard InChI is InChI=1S/C13H21FN2O/c1-4-13(5-2,17-3)12(16-15)10-8-6-7-9-11(10)14/h6-9,12,16H,4-5,15H2,1-3H3. The monoisotopic (exact) mass is 240 g/mol. The van der Waals surface area contributed by atoms with Gasteiger partial charge >= 0.3 is 0 Å². The van der Waals surface area contributed by atoms with Crippen molar-refractivity contribution in [1.29, 1.82) is 0 Å². The highest BCUT2D eigenvalue weighted by atomic mass is 19.1. The number of hydrogen-bond acceptors (Lipinski definition) is 3. The summed E-state index contributed by atoms with van der Waals surface area (Å²) < 4.78 is 19.4. The minimum atomic E-state index is -0.489. The average molecular weight is 240 g/mol. The Kier molecular flexibility index (Phi) is 5.05.